The molecule has 40 heavy (non-hydrogen) atoms. The van der Waals surface area contributed by atoms with E-state index >= 15 is 0 Å². The molecule has 0 amide bonds. The van der Waals surface area contributed by atoms with Crippen LogP contribution in [0.5, 0.6) is 0 Å². The molecule has 0 saturated carbocycles. The predicted octanol–water partition coefficient (Wildman–Crippen LogP) is 12.1. The SMILES string of the molecule is c1ccc2c(-c3c4ccccc4c(-c4csc5c4ccc4c6ccccc6sc45)c4ccccc34)cccc2c1. The van der Waals surface area contributed by atoms with E-state index in [0.29, 0.717) is 0 Å². The first kappa shape index (κ1) is 22.3. The first-order chi connectivity index (χ1) is 19.9. The van der Waals surface area contributed by atoms with Crippen molar-refractivity contribution in [2.45, 2.75) is 0 Å². The highest BCUT2D eigenvalue weighted by Gasteiger charge is 2.20. The van der Waals surface area contributed by atoms with Crippen LogP contribution in [0.25, 0.3) is 84.8 Å². The Morgan fingerprint density at radius 2 is 0.900 bits per heavy atom. The topological polar surface area (TPSA) is 0 Å². The summed E-state index contributed by atoms with van der Waals surface area (Å²) in [5.74, 6) is 0. The molecule has 0 nitrogen and oxygen atoms in total. The fourth-order valence-electron chi connectivity index (χ4n) is 6.62. The number of benzene rings is 7. The van der Waals surface area contributed by atoms with Gasteiger partial charge in [0, 0.05) is 26.4 Å². The van der Waals surface area contributed by atoms with Gasteiger partial charge in [0.25, 0.3) is 0 Å². The molecule has 9 rings (SSSR count). The number of hydrogen-bond donors (Lipinski definition) is 0. The van der Waals surface area contributed by atoms with E-state index < -0.39 is 0 Å². The van der Waals surface area contributed by atoms with Gasteiger partial charge in [-0.25, -0.2) is 0 Å². The van der Waals surface area contributed by atoms with E-state index in [1.54, 1.807) is 0 Å². The van der Waals surface area contributed by atoms with Crippen LogP contribution >= 0.6 is 22.7 Å². The lowest BCUT2D eigenvalue weighted by Gasteiger charge is -2.18. The lowest BCUT2D eigenvalue weighted by Crippen LogP contribution is -1.91. The third-order valence-electron chi connectivity index (χ3n) is 8.35. The van der Waals surface area contributed by atoms with E-state index in [4.69, 9.17) is 0 Å². The van der Waals surface area contributed by atoms with Crippen LogP contribution in [0.1, 0.15) is 0 Å². The van der Waals surface area contributed by atoms with Crippen molar-refractivity contribution in [3.63, 3.8) is 0 Å². The summed E-state index contributed by atoms with van der Waals surface area (Å²) in [6.45, 7) is 0. The summed E-state index contributed by atoms with van der Waals surface area (Å²) >= 11 is 3.80. The van der Waals surface area contributed by atoms with Gasteiger partial charge in [0.15, 0.2) is 0 Å². The van der Waals surface area contributed by atoms with Gasteiger partial charge in [0.1, 0.15) is 0 Å². The molecular formula is C38H22S2. The normalized spacial score (nSPS) is 12.0. The van der Waals surface area contributed by atoms with Gasteiger partial charge in [-0.15, -0.1) is 22.7 Å². The van der Waals surface area contributed by atoms with Crippen molar-refractivity contribution in [2.24, 2.45) is 0 Å². The largest absolute Gasteiger partial charge is 0.142 e. The van der Waals surface area contributed by atoms with E-state index in [0.717, 1.165) is 0 Å². The zero-order valence-electron chi connectivity index (χ0n) is 21.5. The molecule has 0 aliphatic heterocycles. The van der Waals surface area contributed by atoms with Crippen molar-refractivity contribution >= 4 is 85.2 Å². The average molecular weight is 543 g/mol. The summed E-state index contributed by atoms with van der Waals surface area (Å²) in [4.78, 5) is 0. The highest BCUT2D eigenvalue weighted by molar-refractivity contribution is 7.30. The van der Waals surface area contributed by atoms with Crippen LogP contribution in [-0.2, 0) is 0 Å². The molecule has 0 N–H and O–H groups in total. The standard InChI is InChI=1S/C38H22S2/c1-2-12-24-23(10-1)11-9-18-26(24)35-27-14-3-5-16-29(27)36(30-17-6-4-15-28(30)35)33-22-39-37-32(33)21-20-31-25-13-7-8-19-34(25)40-38(31)37/h1-22H. The molecule has 0 unspecified atom stereocenters. The molecule has 0 atom stereocenters. The summed E-state index contributed by atoms with van der Waals surface area (Å²) in [5.41, 5.74) is 5.27. The Bertz CT molecular complexity index is 2370. The fourth-order valence-corrected chi connectivity index (χ4v) is 9.04. The molecule has 2 heteroatoms. The molecule has 0 bridgehead atoms. The van der Waals surface area contributed by atoms with Gasteiger partial charge in [-0.2, -0.15) is 0 Å². The monoisotopic (exact) mass is 542 g/mol. The van der Waals surface area contributed by atoms with Crippen molar-refractivity contribution in [3.05, 3.63) is 133 Å². The second-order valence-corrected chi connectivity index (χ2v) is 12.4. The highest BCUT2D eigenvalue weighted by Crippen LogP contribution is 2.49. The third-order valence-corrected chi connectivity index (χ3v) is 10.7. The Balaban J connectivity index is 1.42. The maximum Gasteiger partial charge on any atom is 0.0533 e. The third kappa shape index (κ3) is 3.06. The van der Waals surface area contributed by atoms with Crippen molar-refractivity contribution in [1.82, 2.24) is 0 Å². The first-order valence-corrected chi connectivity index (χ1v) is 15.3. The van der Waals surface area contributed by atoms with E-state index in [-0.39, 0.29) is 0 Å². The molecule has 0 aliphatic carbocycles. The Kier molecular flexibility index (Phi) is 4.74. The van der Waals surface area contributed by atoms with Gasteiger partial charge in [-0.05, 0) is 60.5 Å². The minimum atomic E-state index is 1.27. The summed E-state index contributed by atoms with van der Waals surface area (Å²) in [5, 5.41) is 14.2. The number of hydrogen-bond acceptors (Lipinski definition) is 2. The number of rotatable bonds is 2. The molecule has 0 spiro atoms. The van der Waals surface area contributed by atoms with Crippen LogP contribution in [0, 0.1) is 0 Å². The average Bonchev–Trinajstić information content (AvgIpc) is 3.61. The molecule has 0 saturated heterocycles. The smallest absolute Gasteiger partial charge is 0.0533 e. The van der Waals surface area contributed by atoms with Crippen LogP contribution in [0.4, 0.5) is 0 Å². The molecular weight excluding hydrogens is 521 g/mol. The van der Waals surface area contributed by atoms with E-state index in [2.05, 4.69) is 133 Å². The van der Waals surface area contributed by atoms with Gasteiger partial charge in [0.05, 0.1) is 9.40 Å². The minimum Gasteiger partial charge on any atom is -0.142 e. The van der Waals surface area contributed by atoms with Crippen molar-refractivity contribution in [3.8, 4) is 22.3 Å². The van der Waals surface area contributed by atoms with Gasteiger partial charge in [-0.1, -0.05) is 121 Å². The van der Waals surface area contributed by atoms with Gasteiger partial charge in [0.2, 0.25) is 0 Å². The summed E-state index contributed by atoms with van der Waals surface area (Å²) in [6.07, 6.45) is 0. The lowest BCUT2D eigenvalue weighted by molar-refractivity contribution is 1.70. The number of thiophene rings is 2. The van der Waals surface area contributed by atoms with Crippen molar-refractivity contribution in [2.75, 3.05) is 0 Å². The first-order valence-electron chi connectivity index (χ1n) is 13.6. The zero-order valence-corrected chi connectivity index (χ0v) is 23.2. The maximum atomic E-state index is 2.39. The minimum absolute atomic E-state index is 1.27. The maximum absolute atomic E-state index is 2.39. The summed E-state index contributed by atoms with van der Waals surface area (Å²) in [6, 6.07) is 46.9. The Labute approximate surface area is 239 Å². The molecule has 7 aromatic carbocycles. The van der Waals surface area contributed by atoms with E-state index in [1.807, 2.05) is 22.7 Å². The molecule has 0 fully saturated rings. The Hall–Kier alpha value is -4.50. The van der Waals surface area contributed by atoms with E-state index in [9.17, 15) is 0 Å². The van der Waals surface area contributed by atoms with Gasteiger partial charge in [-0.3, -0.25) is 0 Å². The molecule has 9 aromatic rings. The molecule has 0 radical (unpaired) electrons. The summed E-state index contributed by atoms with van der Waals surface area (Å²) < 4.78 is 4.14. The second-order valence-electron chi connectivity index (χ2n) is 10.4. The van der Waals surface area contributed by atoms with Gasteiger partial charge < -0.3 is 0 Å². The molecule has 2 heterocycles. The van der Waals surface area contributed by atoms with Crippen LogP contribution in [0.3, 0.4) is 0 Å². The fraction of sp³-hybridized carbons (Fsp3) is 0. The van der Waals surface area contributed by atoms with Crippen molar-refractivity contribution < 1.29 is 0 Å². The quantitative estimate of drug-likeness (QED) is 0.191. The Morgan fingerprint density at radius 1 is 0.350 bits per heavy atom. The predicted molar refractivity (Wildman–Crippen MR) is 178 cm³/mol. The van der Waals surface area contributed by atoms with Crippen LogP contribution in [-0.4, -0.2) is 0 Å². The Morgan fingerprint density at radius 3 is 1.62 bits per heavy atom. The van der Waals surface area contributed by atoms with E-state index in [1.165, 1.54) is 84.8 Å². The van der Waals surface area contributed by atoms with Gasteiger partial charge >= 0.3 is 0 Å². The van der Waals surface area contributed by atoms with Crippen molar-refractivity contribution in [1.29, 1.82) is 0 Å². The summed E-state index contributed by atoms with van der Waals surface area (Å²) in [7, 11) is 0. The highest BCUT2D eigenvalue weighted by atomic mass is 32.1. The molecule has 0 aliphatic rings. The zero-order chi connectivity index (χ0) is 26.2. The molecule has 2 aromatic heterocycles. The van der Waals surface area contributed by atoms with Crippen LogP contribution in [0.2, 0.25) is 0 Å². The van der Waals surface area contributed by atoms with Crippen LogP contribution < -0.4 is 0 Å². The lowest BCUT2D eigenvalue weighted by atomic mass is 9.84. The molecule has 186 valence electrons. The second kappa shape index (κ2) is 8.50. The number of fused-ring (bicyclic) bond motifs is 8. The van der Waals surface area contributed by atoms with Crippen LogP contribution in [0.15, 0.2) is 133 Å².